The summed E-state index contributed by atoms with van der Waals surface area (Å²) in [5.41, 5.74) is 0.300. The van der Waals surface area contributed by atoms with Gasteiger partial charge in [-0.1, -0.05) is 17.5 Å². The number of nitrogens with zero attached hydrogens (tertiary/aromatic N) is 2. The molecule has 0 radical (unpaired) electrons. The van der Waals surface area contributed by atoms with Crippen molar-refractivity contribution in [1.82, 2.24) is 4.31 Å². The number of nitriles is 1. The fourth-order valence-corrected chi connectivity index (χ4v) is 2.76. The Morgan fingerprint density at radius 1 is 1.53 bits per heavy atom. The van der Waals surface area contributed by atoms with Crippen LogP contribution in [-0.4, -0.2) is 26.3 Å². The molecule has 0 heterocycles. The summed E-state index contributed by atoms with van der Waals surface area (Å²) >= 11 is 5.83. The molecule has 0 amide bonds. The monoisotopic (exact) mass is 268 g/mol. The van der Waals surface area contributed by atoms with Gasteiger partial charge in [-0.3, -0.25) is 0 Å². The molecule has 1 aromatic carbocycles. The minimum absolute atomic E-state index is 0.00733. The van der Waals surface area contributed by atoms with Crippen molar-refractivity contribution in [3.8, 4) is 18.4 Å². The van der Waals surface area contributed by atoms with Gasteiger partial charge in [-0.05, 0) is 18.2 Å². The lowest BCUT2D eigenvalue weighted by molar-refractivity contribution is 0.503. The van der Waals surface area contributed by atoms with Crippen molar-refractivity contribution in [2.75, 3.05) is 13.6 Å². The minimum atomic E-state index is -3.71. The number of benzene rings is 1. The van der Waals surface area contributed by atoms with Crippen LogP contribution in [0.5, 0.6) is 0 Å². The summed E-state index contributed by atoms with van der Waals surface area (Å²) in [6.07, 6.45) is 5.06. The predicted molar refractivity (Wildman–Crippen MR) is 64.8 cm³/mol. The average Bonchev–Trinajstić information content (AvgIpc) is 2.28. The first-order chi connectivity index (χ1) is 7.93. The van der Waals surface area contributed by atoms with E-state index in [2.05, 4.69) is 5.92 Å². The molecule has 0 aliphatic rings. The van der Waals surface area contributed by atoms with Crippen LogP contribution >= 0.6 is 11.6 Å². The maximum atomic E-state index is 12.0. The Morgan fingerprint density at radius 2 is 2.18 bits per heavy atom. The summed E-state index contributed by atoms with van der Waals surface area (Å²) in [5.74, 6) is 2.24. The summed E-state index contributed by atoms with van der Waals surface area (Å²) < 4.78 is 25.0. The SMILES string of the molecule is C#CCN(C)S(=O)(=O)c1ccc(C#N)cc1Cl. The van der Waals surface area contributed by atoms with Crippen LogP contribution in [0.1, 0.15) is 5.56 Å². The Balaban J connectivity index is 3.27. The van der Waals surface area contributed by atoms with Gasteiger partial charge in [0.05, 0.1) is 23.2 Å². The smallest absolute Gasteiger partial charge is 0.207 e. The normalized spacial score (nSPS) is 10.9. The van der Waals surface area contributed by atoms with Crippen LogP contribution < -0.4 is 0 Å². The van der Waals surface area contributed by atoms with Crippen LogP contribution in [0, 0.1) is 23.7 Å². The van der Waals surface area contributed by atoms with Gasteiger partial charge in [0, 0.05) is 7.05 Å². The number of sulfonamides is 1. The van der Waals surface area contributed by atoms with Gasteiger partial charge in [0.15, 0.2) is 0 Å². The number of halogens is 1. The summed E-state index contributed by atoms with van der Waals surface area (Å²) in [7, 11) is -2.34. The van der Waals surface area contributed by atoms with Crippen LogP contribution in [0.15, 0.2) is 23.1 Å². The van der Waals surface area contributed by atoms with E-state index in [4.69, 9.17) is 23.3 Å². The molecule has 0 atom stereocenters. The zero-order valence-electron chi connectivity index (χ0n) is 9.01. The van der Waals surface area contributed by atoms with Crippen LogP contribution in [0.4, 0.5) is 0 Å². The first-order valence-corrected chi connectivity index (χ1v) is 6.34. The molecule has 0 saturated heterocycles. The van der Waals surface area contributed by atoms with E-state index in [-0.39, 0.29) is 16.5 Å². The number of hydrogen-bond acceptors (Lipinski definition) is 3. The van der Waals surface area contributed by atoms with Gasteiger partial charge in [0.1, 0.15) is 4.90 Å². The van der Waals surface area contributed by atoms with Gasteiger partial charge in [-0.25, -0.2) is 8.42 Å². The number of hydrogen-bond donors (Lipinski definition) is 0. The van der Waals surface area contributed by atoms with E-state index >= 15 is 0 Å². The fraction of sp³-hybridized carbons (Fsp3) is 0.182. The molecule has 6 heteroatoms. The number of rotatable bonds is 3. The zero-order chi connectivity index (χ0) is 13.1. The molecular weight excluding hydrogens is 260 g/mol. The second kappa shape index (κ2) is 5.20. The van der Waals surface area contributed by atoms with Crippen molar-refractivity contribution in [1.29, 1.82) is 5.26 Å². The van der Waals surface area contributed by atoms with Gasteiger partial charge < -0.3 is 0 Å². The molecule has 0 bridgehead atoms. The molecule has 0 N–H and O–H groups in total. The van der Waals surface area contributed by atoms with Gasteiger partial charge >= 0.3 is 0 Å². The van der Waals surface area contributed by atoms with Crippen molar-refractivity contribution in [3.05, 3.63) is 28.8 Å². The topological polar surface area (TPSA) is 61.2 Å². The molecule has 4 nitrogen and oxygen atoms in total. The molecule has 0 spiro atoms. The third-order valence-electron chi connectivity index (χ3n) is 2.06. The van der Waals surface area contributed by atoms with Gasteiger partial charge in [-0.2, -0.15) is 9.57 Å². The Kier molecular flexibility index (Phi) is 4.14. The molecule has 1 rings (SSSR count). The summed E-state index contributed by atoms with van der Waals surface area (Å²) in [6.45, 7) is -0.0430. The Bertz CT molecular complexity index is 611. The Labute approximate surface area is 105 Å². The van der Waals surface area contributed by atoms with E-state index in [1.165, 1.54) is 25.2 Å². The maximum absolute atomic E-state index is 12.0. The van der Waals surface area contributed by atoms with Crippen molar-refractivity contribution in [2.45, 2.75) is 4.90 Å². The molecule has 1 aromatic rings. The molecular formula is C11H9ClN2O2S. The van der Waals surface area contributed by atoms with E-state index in [9.17, 15) is 8.42 Å². The quantitative estimate of drug-likeness (QED) is 0.780. The van der Waals surface area contributed by atoms with Crippen molar-refractivity contribution in [3.63, 3.8) is 0 Å². The molecule has 0 aliphatic heterocycles. The molecule has 0 saturated carbocycles. The molecule has 0 fully saturated rings. The van der Waals surface area contributed by atoms with E-state index in [0.29, 0.717) is 5.56 Å². The van der Waals surface area contributed by atoms with E-state index in [1.807, 2.05) is 6.07 Å². The third kappa shape index (κ3) is 2.78. The average molecular weight is 269 g/mol. The first-order valence-electron chi connectivity index (χ1n) is 4.53. The highest BCUT2D eigenvalue weighted by molar-refractivity contribution is 7.89. The molecule has 0 unspecified atom stereocenters. The highest BCUT2D eigenvalue weighted by atomic mass is 35.5. The lowest BCUT2D eigenvalue weighted by Crippen LogP contribution is -2.27. The number of terminal acetylenes is 1. The second-order valence-corrected chi connectivity index (χ2v) is 5.64. The molecule has 0 aliphatic carbocycles. The van der Waals surface area contributed by atoms with E-state index in [0.717, 1.165) is 4.31 Å². The van der Waals surface area contributed by atoms with Crippen LogP contribution in [0.25, 0.3) is 0 Å². The van der Waals surface area contributed by atoms with Gasteiger partial charge in [0.25, 0.3) is 0 Å². The summed E-state index contributed by atoms with van der Waals surface area (Å²) in [4.78, 5) is -0.0593. The van der Waals surface area contributed by atoms with Crippen molar-refractivity contribution in [2.24, 2.45) is 0 Å². The maximum Gasteiger partial charge on any atom is 0.245 e. The second-order valence-electron chi connectivity index (χ2n) is 3.22. The Morgan fingerprint density at radius 3 is 2.65 bits per heavy atom. The van der Waals surface area contributed by atoms with Crippen molar-refractivity contribution >= 4 is 21.6 Å². The lowest BCUT2D eigenvalue weighted by atomic mass is 10.2. The Hall–Kier alpha value is -1.53. The van der Waals surface area contributed by atoms with Crippen LogP contribution in [-0.2, 0) is 10.0 Å². The molecule has 0 aromatic heterocycles. The van der Waals surface area contributed by atoms with Gasteiger partial charge in [-0.15, -0.1) is 6.42 Å². The largest absolute Gasteiger partial charge is 0.245 e. The van der Waals surface area contributed by atoms with Gasteiger partial charge in [0.2, 0.25) is 10.0 Å². The highest BCUT2D eigenvalue weighted by Gasteiger charge is 2.22. The fourth-order valence-electron chi connectivity index (χ4n) is 1.16. The highest BCUT2D eigenvalue weighted by Crippen LogP contribution is 2.24. The van der Waals surface area contributed by atoms with Crippen LogP contribution in [0.3, 0.4) is 0 Å². The third-order valence-corrected chi connectivity index (χ3v) is 4.35. The predicted octanol–water partition coefficient (Wildman–Crippen LogP) is 1.47. The molecule has 17 heavy (non-hydrogen) atoms. The van der Waals surface area contributed by atoms with Crippen molar-refractivity contribution < 1.29 is 8.42 Å². The van der Waals surface area contributed by atoms with Crippen LogP contribution in [0.2, 0.25) is 5.02 Å². The lowest BCUT2D eigenvalue weighted by Gasteiger charge is -2.15. The standard InChI is InChI=1S/C11H9ClN2O2S/c1-3-6-14(2)17(15,16)11-5-4-9(8-13)7-10(11)12/h1,4-5,7H,6H2,2H3. The zero-order valence-corrected chi connectivity index (χ0v) is 10.6. The first kappa shape index (κ1) is 13.5. The summed E-state index contributed by atoms with van der Waals surface area (Å²) in [6, 6.07) is 5.87. The van der Waals surface area contributed by atoms with E-state index in [1.54, 1.807) is 0 Å². The minimum Gasteiger partial charge on any atom is -0.207 e. The molecule has 88 valence electrons. The van der Waals surface area contributed by atoms with E-state index < -0.39 is 10.0 Å². The summed E-state index contributed by atoms with van der Waals surface area (Å²) in [5, 5.41) is 8.66.